The summed E-state index contributed by atoms with van der Waals surface area (Å²) in [5, 5.41) is 2.90. The van der Waals surface area contributed by atoms with Crippen LogP contribution >= 0.6 is 0 Å². The van der Waals surface area contributed by atoms with Crippen molar-refractivity contribution in [3.05, 3.63) is 10.4 Å². The summed E-state index contributed by atoms with van der Waals surface area (Å²) in [6, 6.07) is 0. The average molecular weight is 85.1 g/mol. The first-order chi connectivity index (χ1) is 2.91. The number of carbonyl (C=O) groups excluding carboxylic acids is 1. The van der Waals surface area contributed by atoms with Crippen LogP contribution in [0.4, 0.5) is 0 Å². The van der Waals surface area contributed by atoms with Gasteiger partial charge in [-0.2, -0.15) is 0 Å². The van der Waals surface area contributed by atoms with Gasteiger partial charge in [-0.05, 0) is 5.53 Å². The summed E-state index contributed by atoms with van der Waals surface area (Å²) in [6.07, 6.45) is 0.541. The normalized spacial score (nSPS) is 6.00. The Bertz CT molecular complexity index is 82.8. The Hall–Kier alpha value is -1.02. The lowest BCUT2D eigenvalue weighted by molar-refractivity contribution is -0.106. The second kappa shape index (κ2) is 3.98. The van der Waals surface area contributed by atoms with Gasteiger partial charge in [-0.3, -0.25) is 0 Å². The van der Waals surface area contributed by atoms with E-state index in [-0.39, 0.29) is 6.54 Å². The fourth-order valence-corrected chi connectivity index (χ4v) is 0.0698. The van der Waals surface area contributed by atoms with Gasteiger partial charge in [-0.25, -0.2) is 0 Å². The van der Waals surface area contributed by atoms with Gasteiger partial charge in [0.05, 0.1) is 6.54 Å². The molecule has 0 aromatic carbocycles. The first kappa shape index (κ1) is 4.98. The Labute approximate surface area is 34.4 Å². The monoisotopic (exact) mass is 85.0 g/mol. The quantitative estimate of drug-likeness (QED) is 0.208. The van der Waals surface area contributed by atoms with Crippen LogP contribution in [0.15, 0.2) is 5.11 Å². The average Bonchev–Trinajstić information content (AvgIpc) is 1.61. The van der Waals surface area contributed by atoms with E-state index in [4.69, 9.17) is 5.53 Å². The third kappa shape index (κ3) is 2.98. The van der Waals surface area contributed by atoms with E-state index in [1.165, 1.54) is 0 Å². The third-order valence-corrected chi connectivity index (χ3v) is 0.219. The molecule has 0 amide bonds. The predicted molar refractivity (Wildman–Crippen MR) is 20.1 cm³/mol. The van der Waals surface area contributed by atoms with E-state index in [0.29, 0.717) is 6.29 Å². The summed E-state index contributed by atoms with van der Waals surface area (Å²) in [4.78, 5) is 11.6. The highest BCUT2D eigenvalue weighted by Gasteiger charge is 1.63. The summed E-state index contributed by atoms with van der Waals surface area (Å²) in [5.41, 5.74) is 7.50. The third-order valence-electron chi connectivity index (χ3n) is 0.219. The molecule has 0 aromatic rings. The molecule has 0 unspecified atom stereocenters. The van der Waals surface area contributed by atoms with E-state index in [0.717, 1.165) is 0 Å². The van der Waals surface area contributed by atoms with Crippen LogP contribution in [0, 0.1) is 0 Å². The number of hydrogen-bond donors (Lipinski definition) is 0. The topological polar surface area (TPSA) is 65.8 Å². The van der Waals surface area contributed by atoms with Gasteiger partial charge >= 0.3 is 0 Å². The van der Waals surface area contributed by atoms with E-state index in [2.05, 4.69) is 10.0 Å². The second-order valence-electron chi connectivity index (χ2n) is 0.580. The highest BCUT2D eigenvalue weighted by molar-refractivity contribution is 5.51. The van der Waals surface area contributed by atoms with E-state index in [1.807, 2.05) is 0 Å². The maximum absolute atomic E-state index is 9.30. The highest BCUT2D eigenvalue weighted by Crippen LogP contribution is 1.59. The number of aldehydes is 1. The van der Waals surface area contributed by atoms with Gasteiger partial charge in [0.15, 0.2) is 0 Å². The van der Waals surface area contributed by atoms with Crippen molar-refractivity contribution in [3.8, 4) is 0 Å². The predicted octanol–water partition coefficient (Wildman–Crippen LogP) is 0.496. The van der Waals surface area contributed by atoms with E-state index < -0.39 is 0 Å². The van der Waals surface area contributed by atoms with Gasteiger partial charge in [0.1, 0.15) is 6.29 Å². The fraction of sp³-hybridized carbons (Fsp3) is 0.500. The molecule has 0 aliphatic heterocycles. The molecule has 0 fully saturated rings. The summed E-state index contributed by atoms with van der Waals surface area (Å²) in [6.45, 7) is -0.0590. The van der Waals surface area contributed by atoms with Gasteiger partial charge in [0.25, 0.3) is 0 Å². The van der Waals surface area contributed by atoms with Gasteiger partial charge < -0.3 is 4.79 Å². The van der Waals surface area contributed by atoms with Crippen molar-refractivity contribution < 1.29 is 4.79 Å². The smallest absolute Gasteiger partial charge is 0.125 e. The van der Waals surface area contributed by atoms with E-state index in [1.54, 1.807) is 0 Å². The van der Waals surface area contributed by atoms with Gasteiger partial charge in [0, 0.05) is 4.91 Å². The zero-order chi connectivity index (χ0) is 4.83. The molecule has 0 saturated heterocycles. The van der Waals surface area contributed by atoms with Crippen LogP contribution in [-0.2, 0) is 4.79 Å². The number of carbonyl (C=O) groups is 1. The Morgan fingerprint density at radius 3 is 2.83 bits per heavy atom. The molecule has 4 heteroatoms. The van der Waals surface area contributed by atoms with Gasteiger partial charge in [-0.15, -0.1) is 0 Å². The molecule has 6 heavy (non-hydrogen) atoms. The summed E-state index contributed by atoms with van der Waals surface area (Å²) in [5.74, 6) is 0. The van der Waals surface area contributed by atoms with Crippen molar-refractivity contribution in [2.24, 2.45) is 5.11 Å². The van der Waals surface area contributed by atoms with Crippen molar-refractivity contribution in [3.63, 3.8) is 0 Å². The van der Waals surface area contributed by atoms with Crippen molar-refractivity contribution in [2.75, 3.05) is 6.54 Å². The van der Waals surface area contributed by atoms with Crippen LogP contribution in [0.3, 0.4) is 0 Å². The minimum Gasteiger partial charge on any atom is -0.303 e. The molecular formula is C2H3N3O. The molecule has 32 valence electrons. The van der Waals surface area contributed by atoms with Crippen LogP contribution in [0.1, 0.15) is 0 Å². The number of azide groups is 1. The first-order valence-electron chi connectivity index (χ1n) is 1.36. The maximum atomic E-state index is 9.30. The molecule has 0 aliphatic carbocycles. The van der Waals surface area contributed by atoms with Crippen LogP contribution in [0.2, 0.25) is 0 Å². The molecule has 0 aliphatic rings. The Morgan fingerprint density at radius 2 is 2.67 bits per heavy atom. The minimum absolute atomic E-state index is 0.0590. The number of nitrogens with zero attached hydrogens (tertiary/aromatic N) is 3. The molecule has 0 rings (SSSR count). The van der Waals surface area contributed by atoms with Gasteiger partial charge in [0.2, 0.25) is 0 Å². The molecule has 4 nitrogen and oxygen atoms in total. The minimum atomic E-state index is -0.0590. The maximum Gasteiger partial charge on any atom is 0.125 e. The van der Waals surface area contributed by atoms with Crippen LogP contribution in [-0.4, -0.2) is 12.8 Å². The zero-order valence-corrected chi connectivity index (χ0v) is 3.03. The molecule has 0 aromatic heterocycles. The fourth-order valence-electron chi connectivity index (χ4n) is 0.0698. The lowest BCUT2D eigenvalue weighted by atomic mass is 10.8. The molecule has 0 N–H and O–H groups in total. The molecule has 0 heterocycles. The molecule has 0 spiro atoms. The molecular weight excluding hydrogens is 82.0 g/mol. The highest BCUT2D eigenvalue weighted by atomic mass is 16.1. The van der Waals surface area contributed by atoms with Crippen LogP contribution < -0.4 is 0 Å². The lowest BCUT2D eigenvalue weighted by Crippen LogP contribution is -1.72. The van der Waals surface area contributed by atoms with Crippen molar-refractivity contribution in [2.45, 2.75) is 0 Å². The first-order valence-corrected chi connectivity index (χ1v) is 1.36. The van der Waals surface area contributed by atoms with Crippen LogP contribution in [0.25, 0.3) is 10.4 Å². The Balaban J connectivity index is 3.07. The molecule has 0 saturated carbocycles. The van der Waals surface area contributed by atoms with Gasteiger partial charge in [-0.1, -0.05) is 5.11 Å². The molecule has 0 radical (unpaired) electrons. The lowest BCUT2D eigenvalue weighted by Gasteiger charge is -1.58. The zero-order valence-electron chi connectivity index (χ0n) is 3.03. The van der Waals surface area contributed by atoms with E-state index >= 15 is 0 Å². The van der Waals surface area contributed by atoms with Crippen molar-refractivity contribution in [1.29, 1.82) is 0 Å². The Kier molecular flexibility index (Phi) is 3.30. The van der Waals surface area contributed by atoms with Crippen molar-refractivity contribution >= 4 is 6.29 Å². The summed E-state index contributed by atoms with van der Waals surface area (Å²) >= 11 is 0. The SMILES string of the molecule is [N-]=[N+]=NCC=O. The van der Waals surface area contributed by atoms with Crippen LogP contribution in [0.5, 0.6) is 0 Å². The number of rotatable bonds is 2. The largest absolute Gasteiger partial charge is 0.303 e. The summed E-state index contributed by atoms with van der Waals surface area (Å²) in [7, 11) is 0. The molecule has 0 bridgehead atoms. The standard InChI is InChI=1S/C2H3N3O/c3-5-4-1-2-6/h2H,1H2. The summed E-state index contributed by atoms with van der Waals surface area (Å²) < 4.78 is 0. The van der Waals surface area contributed by atoms with Crippen molar-refractivity contribution in [1.82, 2.24) is 0 Å². The second-order valence-corrected chi connectivity index (χ2v) is 0.580. The molecule has 0 atom stereocenters. The van der Waals surface area contributed by atoms with E-state index in [9.17, 15) is 4.79 Å². The Morgan fingerprint density at radius 1 is 2.00 bits per heavy atom. The number of hydrogen-bond acceptors (Lipinski definition) is 2.